The van der Waals surface area contributed by atoms with Crippen LogP contribution in [0.1, 0.15) is 18.5 Å². The number of aromatic amines is 1. The Labute approximate surface area is 101 Å². The van der Waals surface area contributed by atoms with Gasteiger partial charge in [-0.25, -0.2) is 4.98 Å². The molecule has 0 atom stereocenters. The van der Waals surface area contributed by atoms with Crippen molar-refractivity contribution in [3.8, 4) is 0 Å². The van der Waals surface area contributed by atoms with Gasteiger partial charge in [0.25, 0.3) is 5.56 Å². The molecule has 0 aliphatic carbocycles. The van der Waals surface area contributed by atoms with Crippen LogP contribution >= 0.6 is 0 Å². The lowest BCUT2D eigenvalue weighted by Crippen LogP contribution is -2.36. The Balaban J connectivity index is 2.17. The van der Waals surface area contributed by atoms with E-state index in [2.05, 4.69) is 20.6 Å². The van der Waals surface area contributed by atoms with Gasteiger partial charge in [-0.2, -0.15) is 13.2 Å². The Bertz CT molecular complexity index is 465. The van der Waals surface area contributed by atoms with Crippen molar-refractivity contribution < 1.29 is 13.2 Å². The Morgan fingerprint density at radius 2 is 2.00 bits per heavy atom. The van der Waals surface area contributed by atoms with Gasteiger partial charge in [0.1, 0.15) is 0 Å². The number of alkyl halides is 3. The van der Waals surface area contributed by atoms with Crippen molar-refractivity contribution in [2.75, 3.05) is 18.4 Å². The van der Waals surface area contributed by atoms with E-state index in [0.717, 1.165) is 25.9 Å². The third-order valence-electron chi connectivity index (χ3n) is 2.71. The normalized spacial score (nSPS) is 17.7. The molecule has 1 saturated heterocycles. The summed E-state index contributed by atoms with van der Waals surface area (Å²) in [7, 11) is 0. The maximum Gasteiger partial charge on any atom is 0.433 e. The predicted molar refractivity (Wildman–Crippen MR) is 59.4 cm³/mol. The van der Waals surface area contributed by atoms with Gasteiger partial charge in [-0.15, -0.1) is 0 Å². The number of H-pyrrole nitrogens is 1. The first-order chi connectivity index (χ1) is 8.45. The largest absolute Gasteiger partial charge is 0.433 e. The summed E-state index contributed by atoms with van der Waals surface area (Å²) in [6.45, 7) is 1.59. The molecule has 0 aromatic carbocycles. The van der Waals surface area contributed by atoms with Crippen molar-refractivity contribution in [2.45, 2.75) is 25.1 Å². The van der Waals surface area contributed by atoms with Crippen LogP contribution in [0.5, 0.6) is 0 Å². The van der Waals surface area contributed by atoms with Crippen molar-refractivity contribution in [3.63, 3.8) is 0 Å². The number of rotatable bonds is 2. The molecule has 0 radical (unpaired) electrons. The fourth-order valence-electron chi connectivity index (χ4n) is 1.83. The molecule has 1 aromatic rings. The minimum atomic E-state index is -4.61. The maximum atomic E-state index is 12.5. The molecule has 8 heteroatoms. The van der Waals surface area contributed by atoms with Crippen LogP contribution in [0.25, 0.3) is 0 Å². The topological polar surface area (TPSA) is 69.8 Å². The second-order valence-corrected chi connectivity index (χ2v) is 4.15. The van der Waals surface area contributed by atoms with Gasteiger partial charge in [-0.3, -0.25) is 9.78 Å². The van der Waals surface area contributed by atoms with Crippen molar-refractivity contribution in [1.82, 2.24) is 15.3 Å². The lowest BCUT2D eigenvalue weighted by atomic mass is 10.1. The first-order valence-corrected chi connectivity index (χ1v) is 5.61. The molecule has 1 aliphatic heterocycles. The number of nitrogens with one attached hydrogen (secondary N) is 3. The fraction of sp³-hybridized carbons (Fsp3) is 0.600. The van der Waals surface area contributed by atoms with E-state index in [4.69, 9.17) is 0 Å². The standard InChI is InChI=1S/C10H13F3N4O/c11-10(12,13)7-5-8(18)17-9(16-7)15-6-1-3-14-4-2-6/h5-6,14H,1-4H2,(H2,15,16,17,18). The van der Waals surface area contributed by atoms with Crippen LogP contribution in [0, 0.1) is 0 Å². The highest BCUT2D eigenvalue weighted by Crippen LogP contribution is 2.26. The van der Waals surface area contributed by atoms with E-state index in [9.17, 15) is 18.0 Å². The number of anilines is 1. The molecule has 1 aromatic heterocycles. The third-order valence-corrected chi connectivity index (χ3v) is 2.71. The van der Waals surface area contributed by atoms with Gasteiger partial charge in [0, 0.05) is 12.1 Å². The van der Waals surface area contributed by atoms with E-state index in [0.29, 0.717) is 6.07 Å². The average molecular weight is 262 g/mol. The van der Waals surface area contributed by atoms with Gasteiger partial charge < -0.3 is 10.6 Å². The first-order valence-electron chi connectivity index (χ1n) is 5.61. The molecular formula is C10H13F3N4O. The molecule has 0 amide bonds. The van der Waals surface area contributed by atoms with Crippen LogP contribution in [0.15, 0.2) is 10.9 Å². The molecule has 5 nitrogen and oxygen atoms in total. The lowest BCUT2D eigenvalue weighted by molar-refractivity contribution is -0.141. The highest BCUT2D eigenvalue weighted by Gasteiger charge is 2.33. The maximum absolute atomic E-state index is 12.5. The van der Waals surface area contributed by atoms with E-state index >= 15 is 0 Å². The average Bonchev–Trinajstić information content (AvgIpc) is 2.28. The van der Waals surface area contributed by atoms with Crippen molar-refractivity contribution in [3.05, 3.63) is 22.1 Å². The van der Waals surface area contributed by atoms with E-state index < -0.39 is 17.4 Å². The number of halogens is 3. The molecule has 3 N–H and O–H groups in total. The van der Waals surface area contributed by atoms with E-state index in [1.54, 1.807) is 0 Å². The zero-order valence-corrected chi connectivity index (χ0v) is 9.47. The number of piperidine rings is 1. The van der Waals surface area contributed by atoms with Crippen LogP contribution in [0.2, 0.25) is 0 Å². The van der Waals surface area contributed by atoms with Crippen molar-refractivity contribution in [1.29, 1.82) is 0 Å². The molecule has 0 bridgehead atoms. The SMILES string of the molecule is O=c1cc(C(F)(F)F)nc(NC2CCNCC2)[nH]1. The molecule has 0 unspecified atom stereocenters. The van der Waals surface area contributed by atoms with Crippen molar-refractivity contribution >= 4 is 5.95 Å². The third kappa shape index (κ3) is 3.22. The Morgan fingerprint density at radius 3 is 2.61 bits per heavy atom. The second kappa shape index (κ2) is 4.97. The minimum Gasteiger partial charge on any atom is -0.353 e. The van der Waals surface area contributed by atoms with Crippen LogP contribution in [0.3, 0.4) is 0 Å². The van der Waals surface area contributed by atoms with Gasteiger partial charge in [0.15, 0.2) is 5.69 Å². The van der Waals surface area contributed by atoms with E-state index in [-0.39, 0.29) is 12.0 Å². The summed E-state index contributed by atoms with van der Waals surface area (Å²) in [6, 6.07) is 0.478. The summed E-state index contributed by atoms with van der Waals surface area (Å²) in [4.78, 5) is 16.8. The van der Waals surface area contributed by atoms with Gasteiger partial charge >= 0.3 is 6.18 Å². The quantitative estimate of drug-likeness (QED) is 0.742. The summed E-state index contributed by atoms with van der Waals surface area (Å²) in [6.07, 6.45) is -3.06. The number of hydrogen-bond acceptors (Lipinski definition) is 4. The van der Waals surface area contributed by atoms with Crippen LogP contribution in [-0.2, 0) is 6.18 Å². The molecule has 18 heavy (non-hydrogen) atoms. The summed E-state index contributed by atoms with van der Waals surface area (Å²) in [5.74, 6) is -0.123. The predicted octanol–water partition coefficient (Wildman–Crippen LogP) is 0.953. The van der Waals surface area contributed by atoms with Gasteiger partial charge in [-0.1, -0.05) is 0 Å². The molecule has 2 heterocycles. The minimum absolute atomic E-state index is 0.0258. The van der Waals surface area contributed by atoms with Gasteiger partial charge in [0.2, 0.25) is 5.95 Å². The number of aromatic nitrogens is 2. The Morgan fingerprint density at radius 1 is 1.33 bits per heavy atom. The fourth-order valence-corrected chi connectivity index (χ4v) is 1.83. The molecule has 0 saturated carbocycles. The monoisotopic (exact) mass is 262 g/mol. The lowest BCUT2D eigenvalue weighted by Gasteiger charge is -2.24. The number of nitrogens with zero attached hydrogens (tertiary/aromatic N) is 1. The summed E-state index contributed by atoms with van der Waals surface area (Å²) < 4.78 is 37.4. The molecule has 2 rings (SSSR count). The molecule has 0 spiro atoms. The van der Waals surface area contributed by atoms with Crippen molar-refractivity contribution in [2.24, 2.45) is 0 Å². The van der Waals surface area contributed by atoms with Crippen LogP contribution in [0.4, 0.5) is 19.1 Å². The smallest absolute Gasteiger partial charge is 0.353 e. The number of hydrogen-bond donors (Lipinski definition) is 3. The zero-order valence-electron chi connectivity index (χ0n) is 9.47. The van der Waals surface area contributed by atoms with Gasteiger partial charge in [-0.05, 0) is 25.9 Å². The summed E-state index contributed by atoms with van der Waals surface area (Å²) in [5.41, 5.74) is -1.99. The molecule has 100 valence electrons. The Hall–Kier alpha value is -1.57. The second-order valence-electron chi connectivity index (χ2n) is 4.15. The summed E-state index contributed by atoms with van der Waals surface area (Å²) >= 11 is 0. The van der Waals surface area contributed by atoms with Crippen LogP contribution in [-0.4, -0.2) is 29.1 Å². The molecular weight excluding hydrogens is 249 g/mol. The summed E-state index contributed by atoms with van der Waals surface area (Å²) in [5, 5.41) is 5.96. The highest BCUT2D eigenvalue weighted by atomic mass is 19.4. The first kappa shape index (κ1) is 12.9. The molecule has 1 fully saturated rings. The molecule has 1 aliphatic rings. The zero-order chi connectivity index (χ0) is 13.2. The Kier molecular flexibility index (Phi) is 3.55. The van der Waals surface area contributed by atoms with Crippen LogP contribution < -0.4 is 16.2 Å². The van der Waals surface area contributed by atoms with Gasteiger partial charge in [0.05, 0.1) is 0 Å². The van der Waals surface area contributed by atoms with E-state index in [1.165, 1.54) is 0 Å². The highest BCUT2D eigenvalue weighted by molar-refractivity contribution is 5.27. The van der Waals surface area contributed by atoms with E-state index in [1.807, 2.05) is 0 Å².